The van der Waals surface area contributed by atoms with Crippen LogP contribution in [0.5, 0.6) is 0 Å². The third-order valence-corrected chi connectivity index (χ3v) is 4.82. The molecule has 2 rings (SSSR count). The summed E-state index contributed by atoms with van der Waals surface area (Å²) < 4.78 is 0. The van der Waals surface area contributed by atoms with E-state index < -0.39 is 0 Å². The molecule has 0 nitrogen and oxygen atoms in total. The fourth-order valence-corrected chi connectivity index (χ4v) is 4.13. The molecule has 5 unspecified atom stereocenters. The van der Waals surface area contributed by atoms with Crippen LogP contribution in [0.15, 0.2) is 0 Å². The maximum Gasteiger partial charge on any atom is -0.0328 e. The standard InChI is InChI=1S/C13H24/c1-5-11(8(2)3)12-7-10-6-9(4)13(10)12/h8-13H,5-7H2,1-4H3. The van der Waals surface area contributed by atoms with E-state index in [2.05, 4.69) is 27.7 Å². The minimum absolute atomic E-state index is 0.906. The second-order valence-electron chi connectivity index (χ2n) is 5.77. The Labute approximate surface area is 83.1 Å². The fourth-order valence-electron chi connectivity index (χ4n) is 4.13. The summed E-state index contributed by atoms with van der Waals surface area (Å²) in [5.41, 5.74) is 0. The van der Waals surface area contributed by atoms with E-state index in [0.717, 1.165) is 35.5 Å². The fraction of sp³-hybridized carbons (Fsp3) is 1.00. The minimum Gasteiger partial charge on any atom is -0.0651 e. The summed E-state index contributed by atoms with van der Waals surface area (Å²) >= 11 is 0. The molecule has 5 atom stereocenters. The lowest BCUT2D eigenvalue weighted by Crippen LogP contribution is -2.53. The first-order valence-corrected chi connectivity index (χ1v) is 6.15. The van der Waals surface area contributed by atoms with Gasteiger partial charge in [0.15, 0.2) is 0 Å². The third-order valence-electron chi connectivity index (χ3n) is 4.82. The van der Waals surface area contributed by atoms with Crippen molar-refractivity contribution in [3.05, 3.63) is 0 Å². The van der Waals surface area contributed by atoms with Gasteiger partial charge in [-0.3, -0.25) is 0 Å². The molecule has 0 aromatic heterocycles. The first kappa shape index (κ1) is 9.55. The third kappa shape index (κ3) is 1.33. The van der Waals surface area contributed by atoms with Gasteiger partial charge in [-0.15, -0.1) is 0 Å². The van der Waals surface area contributed by atoms with Crippen LogP contribution in [0, 0.1) is 35.5 Å². The Morgan fingerprint density at radius 3 is 2.31 bits per heavy atom. The molecule has 0 radical (unpaired) electrons. The van der Waals surface area contributed by atoms with Gasteiger partial charge in [-0.2, -0.15) is 0 Å². The molecular formula is C13H24. The lowest BCUT2D eigenvalue weighted by atomic mass is 9.45. The van der Waals surface area contributed by atoms with Gasteiger partial charge in [0.2, 0.25) is 0 Å². The zero-order valence-electron chi connectivity index (χ0n) is 9.59. The lowest BCUT2D eigenvalue weighted by Gasteiger charge is -2.60. The molecule has 0 amide bonds. The van der Waals surface area contributed by atoms with Gasteiger partial charge in [-0.05, 0) is 48.3 Å². The molecule has 0 aliphatic heterocycles. The summed E-state index contributed by atoms with van der Waals surface area (Å²) in [5, 5.41) is 0. The van der Waals surface area contributed by atoms with Crippen molar-refractivity contribution in [1.29, 1.82) is 0 Å². The van der Waals surface area contributed by atoms with Crippen molar-refractivity contribution in [2.75, 3.05) is 0 Å². The molecule has 2 aliphatic carbocycles. The van der Waals surface area contributed by atoms with Gasteiger partial charge < -0.3 is 0 Å². The van der Waals surface area contributed by atoms with Crippen LogP contribution >= 0.6 is 0 Å². The normalized spacial score (nSPS) is 45.0. The summed E-state index contributed by atoms with van der Waals surface area (Å²) in [4.78, 5) is 0. The van der Waals surface area contributed by atoms with Gasteiger partial charge in [0.1, 0.15) is 0 Å². The molecule has 0 aromatic carbocycles. The van der Waals surface area contributed by atoms with E-state index in [1.807, 2.05) is 0 Å². The summed E-state index contributed by atoms with van der Waals surface area (Å²) in [6, 6.07) is 0. The highest BCUT2D eigenvalue weighted by molar-refractivity contribution is 5.02. The van der Waals surface area contributed by atoms with E-state index >= 15 is 0 Å². The highest BCUT2D eigenvalue weighted by Crippen LogP contribution is 2.61. The maximum atomic E-state index is 2.46. The van der Waals surface area contributed by atoms with Crippen molar-refractivity contribution in [3.8, 4) is 0 Å². The van der Waals surface area contributed by atoms with Crippen molar-refractivity contribution in [1.82, 2.24) is 0 Å². The molecule has 76 valence electrons. The number of hydrogen-bond donors (Lipinski definition) is 0. The van der Waals surface area contributed by atoms with E-state index in [0.29, 0.717) is 0 Å². The zero-order valence-corrected chi connectivity index (χ0v) is 9.59. The average molecular weight is 180 g/mol. The van der Waals surface area contributed by atoms with E-state index in [-0.39, 0.29) is 0 Å². The van der Waals surface area contributed by atoms with Crippen molar-refractivity contribution in [2.24, 2.45) is 35.5 Å². The highest BCUT2D eigenvalue weighted by atomic mass is 14.6. The summed E-state index contributed by atoms with van der Waals surface area (Å²) in [7, 11) is 0. The van der Waals surface area contributed by atoms with Crippen LogP contribution in [0.4, 0.5) is 0 Å². The van der Waals surface area contributed by atoms with Crippen molar-refractivity contribution in [3.63, 3.8) is 0 Å². The van der Waals surface area contributed by atoms with Crippen LogP contribution < -0.4 is 0 Å². The molecule has 2 saturated carbocycles. The SMILES string of the molecule is CCC(C(C)C)C1CC2CC(C)C21. The molecule has 13 heavy (non-hydrogen) atoms. The Hall–Kier alpha value is 0. The quantitative estimate of drug-likeness (QED) is 0.616. The minimum atomic E-state index is 0.906. The van der Waals surface area contributed by atoms with E-state index in [9.17, 15) is 0 Å². The molecule has 0 N–H and O–H groups in total. The first-order chi connectivity index (χ1) is 6.15. The largest absolute Gasteiger partial charge is 0.0651 e. The Morgan fingerprint density at radius 2 is 1.92 bits per heavy atom. The van der Waals surface area contributed by atoms with Crippen molar-refractivity contribution < 1.29 is 0 Å². The number of rotatable bonds is 3. The van der Waals surface area contributed by atoms with E-state index in [1.165, 1.54) is 12.8 Å². The van der Waals surface area contributed by atoms with Crippen LogP contribution in [0.25, 0.3) is 0 Å². The molecule has 0 spiro atoms. The highest BCUT2D eigenvalue weighted by Gasteiger charge is 2.53. The molecule has 0 aromatic rings. The predicted octanol–water partition coefficient (Wildman–Crippen LogP) is 3.96. The van der Waals surface area contributed by atoms with E-state index in [4.69, 9.17) is 0 Å². The molecule has 0 saturated heterocycles. The second-order valence-corrected chi connectivity index (χ2v) is 5.77. The van der Waals surface area contributed by atoms with Crippen LogP contribution in [0.2, 0.25) is 0 Å². The topological polar surface area (TPSA) is 0 Å². The Morgan fingerprint density at radius 1 is 1.23 bits per heavy atom. The van der Waals surface area contributed by atoms with Gasteiger partial charge in [-0.1, -0.05) is 34.1 Å². The lowest BCUT2D eigenvalue weighted by molar-refractivity contribution is -0.115. The Kier molecular flexibility index (Phi) is 2.42. The first-order valence-electron chi connectivity index (χ1n) is 6.15. The molecule has 2 fully saturated rings. The van der Waals surface area contributed by atoms with Crippen LogP contribution in [0.3, 0.4) is 0 Å². The molecule has 0 heteroatoms. The van der Waals surface area contributed by atoms with Crippen LogP contribution in [-0.4, -0.2) is 0 Å². The smallest absolute Gasteiger partial charge is 0.0328 e. The summed E-state index contributed by atoms with van der Waals surface area (Å²) in [6.45, 7) is 9.65. The van der Waals surface area contributed by atoms with Crippen molar-refractivity contribution >= 4 is 0 Å². The maximum absolute atomic E-state index is 2.46. The van der Waals surface area contributed by atoms with Gasteiger partial charge in [-0.25, -0.2) is 0 Å². The number of hydrogen-bond acceptors (Lipinski definition) is 0. The molecule has 0 bridgehead atoms. The second kappa shape index (κ2) is 3.29. The van der Waals surface area contributed by atoms with Gasteiger partial charge >= 0.3 is 0 Å². The summed E-state index contributed by atoms with van der Waals surface area (Å²) in [6.07, 6.45) is 4.50. The van der Waals surface area contributed by atoms with Crippen molar-refractivity contribution in [2.45, 2.75) is 47.0 Å². The van der Waals surface area contributed by atoms with Gasteiger partial charge in [0.05, 0.1) is 0 Å². The number of fused-ring (bicyclic) bond motifs is 1. The molecular weight excluding hydrogens is 156 g/mol. The Balaban J connectivity index is 1.94. The van der Waals surface area contributed by atoms with Gasteiger partial charge in [0.25, 0.3) is 0 Å². The van der Waals surface area contributed by atoms with Gasteiger partial charge in [0, 0.05) is 0 Å². The van der Waals surface area contributed by atoms with Crippen LogP contribution in [-0.2, 0) is 0 Å². The molecule has 2 aliphatic rings. The Bertz CT molecular complexity index is 178. The monoisotopic (exact) mass is 180 g/mol. The average Bonchev–Trinajstić information content (AvgIpc) is 2.01. The summed E-state index contributed by atoms with van der Waals surface area (Å²) in [5.74, 6) is 6.35. The predicted molar refractivity (Wildman–Crippen MR) is 57.5 cm³/mol. The van der Waals surface area contributed by atoms with Crippen LogP contribution in [0.1, 0.15) is 47.0 Å². The molecule has 0 heterocycles. The zero-order chi connectivity index (χ0) is 9.59. The van der Waals surface area contributed by atoms with E-state index in [1.54, 1.807) is 6.42 Å².